The first-order chi connectivity index (χ1) is 6.36. The molecule has 1 rings (SSSR count). The van der Waals surface area contributed by atoms with Gasteiger partial charge >= 0.3 is 0 Å². The standard InChI is InChI=1S/C11H17BO/c1-3-4-9-12-10-5-7-11(13-2)8-6-10/h5-8,12H,3-4,9H2,1-2H3. The predicted molar refractivity (Wildman–Crippen MR) is 59.5 cm³/mol. The molecule has 0 spiro atoms. The largest absolute Gasteiger partial charge is 0.497 e. The van der Waals surface area contributed by atoms with Gasteiger partial charge in [-0.25, -0.2) is 0 Å². The average molecular weight is 176 g/mol. The highest BCUT2D eigenvalue weighted by molar-refractivity contribution is 6.53. The Bertz CT molecular complexity index is 230. The number of hydrogen-bond acceptors (Lipinski definition) is 1. The predicted octanol–water partition coefficient (Wildman–Crippen LogP) is 1.98. The second-order valence-corrected chi connectivity index (χ2v) is 3.31. The third kappa shape index (κ3) is 3.54. The molecule has 0 radical (unpaired) electrons. The molecule has 0 N–H and O–H groups in total. The van der Waals surface area contributed by atoms with Crippen LogP contribution in [-0.4, -0.2) is 14.4 Å². The topological polar surface area (TPSA) is 9.23 Å². The highest BCUT2D eigenvalue weighted by Crippen LogP contribution is 2.05. The van der Waals surface area contributed by atoms with Gasteiger partial charge in [0, 0.05) is 0 Å². The van der Waals surface area contributed by atoms with Crippen molar-refractivity contribution in [2.24, 2.45) is 0 Å². The molecule has 0 amide bonds. The fourth-order valence-electron chi connectivity index (χ4n) is 1.37. The summed E-state index contributed by atoms with van der Waals surface area (Å²) in [6, 6.07) is 8.35. The molecule has 1 nitrogen and oxygen atoms in total. The minimum Gasteiger partial charge on any atom is -0.497 e. The van der Waals surface area contributed by atoms with Crippen molar-refractivity contribution >= 4 is 12.7 Å². The van der Waals surface area contributed by atoms with E-state index >= 15 is 0 Å². The molecule has 0 aromatic heterocycles. The van der Waals surface area contributed by atoms with Gasteiger partial charge in [0.25, 0.3) is 0 Å². The Morgan fingerprint density at radius 1 is 1.23 bits per heavy atom. The molecule has 0 aliphatic heterocycles. The van der Waals surface area contributed by atoms with E-state index in [-0.39, 0.29) is 0 Å². The van der Waals surface area contributed by atoms with Crippen LogP contribution in [0.1, 0.15) is 19.8 Å². The van der Waals surface area contributed by atoms with Crippen molar-refractivity contribution in [3.8, 4) is 5.75 Å². The van der Waals surface area contributed by atoms with Gasteiger partial charge < -0.3 is 4.74 Å². The van der Waals surface area contributed by atoms with Gasteiger partial charge in [0.05, 0.1) is 7.11 Å². The smallest absolute Gasteiger partial charge is 0.157 e. The molecule has 0 saturated heterocycles. The third-order valence-corrected chi connectivity index (χ3v) is 2.23. The molecule has 0 aliphatic carbocycles. The first-order valence-electron chi connectivity index (χ1n) is 4.99. The third-order valence-electron chi connectivity index (χ3n) is 2.23. The van der Waals surface area contributed by atoms with Crippen molar-refractivity contribution in [2.75, 3.05) is 7.11 Å². The van der Waals surface area contributed by atoms with E-state index in [1.54, 1.807) is 7.11 Å². The van der Waals surface area contributed by atoms with Gasteiger partial charge in [0.1, 0.15) is 5.75 Å². The molecule has 0 heterocycles. The zero-order valence-corrected chi connectivity index (χ0v) is 8.55. The van der Waals surface area contributed by atoms with Crippen LogP contribution in [-0.2, 0) is 0 Å². The van der Waals surface area contributed by atoms with E-state index in [1.165, 1.54) is 31.9 Å². The van der Waals surface area contributed by atoms with E-state index in [0.29, 0.717) is 0 Å². The van der Waals surface area contributed by atoms with Gasteiger partial charge in [-0.2, -0.15) is 0 Å². The summed E-state index contributed by atoms with van der Waals surface area (Å²) in [6.45, 7) is 2.23. The monoisotopic (exact) mass is 176 g/mol. The number of unbranched alkanes of at least 4 members (excludes halogenated alkanes) is 1. The molecular formula is C11H17BO. The molecule has 1 aromatic carbocycles. The van der Waals surface area contributed by atoms with E-state index in [9.17, 15) is 0 Å². The lowest BCUT2D eigenvalue weighted by atomic mass is 9.66. The van der Waals surface area contributed by atoms with Crippen LogP contribution in [0.5, 0.6) is 5.75 Å². The fraction of sp³-hybridized carbons (Fsp3) is 0.455. The quantitative estimate of drug-likeness (QED) is 0.492. The highest BCUT2D eigenvalue weighted by atomic mass is 16.5. The molecule has 2 heteroatoms. The van der Waals surface area contributed by atoms with Gasteiger partial charge in [-0.05, 0) is 12.1 Å². The summed E-state index contributed by atoms with van der Waals surface area (Å²) in [4.78, 5) is 0. The minimum absolute atomic E-state index is 0.944. The highest BCUT2D eigenvalue weighted by Gasteiger charge is 1.95. The molecule has 0 atom stereocenters. The van der Waals surface area contributed by atoms with E-state index < -0.39 is 0 Å². The van der Waals surface area contributed by atoms with E-state index in [2.05, 4.69) is 19.1 Å². The van der Waals surface area contributed by atoms with Gasteiger partial charge in [-0.15, -0.1) is 0 Å². The maximum absolute atomic E-state index is 5.09. The maximum atomic E-state index is 5.09. The molecule has 0 unspecified atom stereocenters. The zero-order valence-electron chi connectivity index (χ0n) is 8.55. The molecule has 0 aliphatic rings. The Labute approximate surface area is 81.4 Å². The lowest BCUT2D eigenvalue weighted by molar-refractivity contribution is 0.415. The second-order valence-electron chi connectivity index (χ2n) is 3.31. The lowest BCUT2D eigenvalue weighted by Crippen LogP contribution is -2.12. The number of hydrogen-bond donors (Lipinski definition) is 0. The van der Waals surface area contributed by atoms with Crippen LogP contribution < -0.4 is 10.2 Å². The molecule has 70 valence electrons. The van der Waals surface area contributed by atoms with Crippen molar-refractivity contribution in [3.05, 3.63) is 24.3 Å². The van der Waals surface area contributed by atoms with Crippen LogP contribution in [0, 0.1) is 0 Å². The minimum atomic E-state index is 0.944. The fourth-order valence-corrected chi connectivity index (χ4v) is 1.37. The van der Waals surface area contributed by atoms with Crippen molar-refractivity contribution in [3.63, 3.8) is 0 Å². The van der Waals surface area contributed by atoms with E-state index in [4.69, 9.17) is 4.74 Å². The van der Waals surface area contributed by atoms with Crippen molar-refractivity contribution in [1.29, 1.82) is 0 Å². The molecular weight excluding hydrogens is 159 g/mol. The Balaban J connectivity index is 2.40. The zero-order chi connectivity index (χ0) is 9.52. The summed E-state index contributed by atoms with van der Waals surface area (Å²) in [5, 5.41) is 0. The van der Waals surface area contributed by atoms with Crippen molar-refractivity contribution in [2.45, 2.75) is 26.1 Å². The SMILES string of the molecule is CCCCBc1ccc(OC)cc1. The Morgan fingerprint density at radius 2 is 1.92 bits per heavy atom. The second kappa shape index (κ2) is 5.68. The molecule has 1 aromatic rings. The number of rotatable bonds is 5. The van der Waals surface area contributed by atoms with Crippen LogP contribution in [0.25, 0.3) is 0 Å². The Hall–Kier alpha value is -0.915. The first kappa shape index (κ1) is 10.2. The Morgan fingerprint density at radius 3 is 2.46 bits per heavy atom. The van der Waals surface area contributed by atoms with Gasteiger partial charge in [-0.3, -0.25) is 0 Å². The van der Waals surface area contributed by atoms with Gasteiger partial charge in [0.15, 0.2) is 7.28 Å². The van der Waals surface area contributed by atoms with Gasteiger partial charge in [-0.1, -0.05) is 43.7 Å². The maximum Gasteiger partial charge on any atom is 0.157 e. The van der Waals surface area contributed by atoms with Crippen LogP contribution in [0.15, 0.2) is 24.3 Å². The summed E-state index contributed by atoms with van der Waals surface area (Å²) >= 11 is 0. The summed E-state index contributed by atoms with van der Waals surface area (Å²) in [5.41, 5.74) is 1.41. The molecule has 0 saturated carbocycles. The molecule has 13 heavy (non-hydrogen) atoms. The number of benzene rings is 1. The van der Waals surface area contributed by atoms with E-state index in [1.807, 2.05) is 12.1 Å². The molecule has 0 fully saturated rings. The normalized spacial score (nSPS) is 9.69. The summed E-state index contributed by atoms with van der Waals surface area (Å²) in [6.07, 6.45) is 3.91. The van der Waals surface area contributed by atoms with Crippen LogP contribution in [0.3, 0.4) is 0 Å². The van der Waals surface area contributed by atoms with Gasteiger partial charge in [0.2, 0.25) is 0 Å². The van der Waals surface area contributed by atoms with Crippen LogP contribution >= 0.6 is 0 Å². The van der Waals surface area contributed by atoms with Crippen molar-refractivity contribution < 1.29 is 4.74 Å². The molecule has 0 bridgehead atoms. The Kier molecular flexibility index (Phi) is 4.44. The van der Waals surface area contributed by atoms with E-state index in [0.717, 1.165) is 5.75 Å². The lowest BCUT2D eigenvalue weighted by Gasteiger charge is -2.01. The summed E-state index contributed by atoms with van der Waals surface area (Å²) in [7, 11) is 2.89. The summed E-state index contributed by atoms with van der Waals surface area (Å²) in [5.74, 6) is 0.944. The van der Waals surface area contributed by atoms with Crippen LogP contribution in [0.4, 0.5) is 0 Å². The van der Waals surface area contributed by atoms with Crippen LogP contribution in [0.2, 0.25) is 6.32 Å². The number of ether oxygens (including phenoxy) is 1. The number of methoxy groups -OCH3 is 1. The first-order valence-corrected chi connectivity index (χ1v) is 4.99. The summed E-state index contributed by atoms with van der Waals surface area (Å²) < 4.78 is 5.09. The van der Waals surface area contributed by atoms with Crippen molar-refractivity contribution in [1.82, 2.24) is 0 Å². The average Bonchev–Trinajstić information content (AvgIpc) is 2.19.